The van der Waals surface area contributed by atoms with Gasteiger partial charge in [-0.25, -0.2) is 0 Å². The summed E-state index contributed by atoms with van der Waals surface area (Å²) < 4.78 is 6.31. The fraction of sp³-hybridized carbons (Fsp3) is 0.333. The number of epoxide rings is 1. The van der Waals surface area contributed by atoms with Crippen molar-refractivity contribution in [3.8, 4) is 0 Å². The monoisotopic (exact) mass is 301 g/mol. The molecule has 2 aromatic rings. The molecule has 1 aromatic carbocycles. The SMILES string of the molecule is Ic1ccc2nn(CC3CO3)nc2c1. The minimum atomic E-state index is 0.330. The standard InChI is InChI=1S/C9H8IN3O/c10-6-1-2-8-9(3-6)12-13(11-8)4-7-5-14-7/h1-3,7H,4-5H2. The van der Waals surface area contributed by atoms with Crippen LogP contribution in [0.1, 0.15) is 0 Å². The zero-order valence-corrected chi connectivity index (χ0v) is 9.51. The quantitative estimate of drug-likeness (QED) is 0.622. The molecular formula is C9H8IN3O. The van der Waals surface area contributed by atoms with E-state index >= 15 is 0 Å². The fourth-order valence-corrected chi connectivity index (χ4v) is 1.84. The van der Waals surface area contributed by atoms with E-state index in [1.807, 2.05) is 18.2 Å². The van der Waals surface area contributed by atoms with Crippen LogP contribution >= 0.6 is 22.6 Å². The van der Waals surface area contributed by atoms with Crippen molar-refractivity contribution < 1.29 is 4.74 Å². The van der Waals surface area contributed by atoms with Crippen LogP contribution in [0.2, 0.25) is 0 Å². The molecule has 1 aliphatic heterocycles. The molecule has 0 N–H and O–H groups in total. The maximum atomic E-state index is 5.13. The second kappa shape index (κ2) is 3.16. The molecule has 2 heterocycles. The summed E-state index contributed by atoms with van der Waals surface area (Å²) in [5.41, 5.74) is 1.91. The molecule has 4 nitrogen and oxygen atoms in total. The van der Waals surface area contributed by atoms with Crippen molar-refractivity contribution in [2.24, 2.45) is 0 Å². The molecule has 14 heavy (non-hydrogen) atoms. The summed E-state index contributed by atoms with van der Waals surface area (Å²) in [6.45, 7) is 1.61. The van der Waals surface area contributed by atoms with Crippen LogP contribution in [0.15, 0.2) is 18.2 Å². The molecule has 3 rings (SSSR count). The summed E-state index contributed by atoms with van der Waals surface area (Å²) in [4.78, 5) is 1.72. The molecule has 0 saturated carbocycles. The topological polar surface area (TPSA) is 43.2 Å². The Kier molecular flexibility index (Phi) is 1.94. The summed E-state index contributed by atoms with van der Waals surface area (Å²) in [5, 5.41) is 8.73. The van der Waals surface area contributed by atoms with E-state index in [-0.39, 0.29) is 0 Å². The van der Waals surface area contributed by atoms with Crippen LogP contribution in [-0.4, -0.2) is 27.7 Å². The molecule has 5 heteroatoms. The van der Waals surface area contributed by atoms with Crippen molar-refractivity contribution in [3.05, 3.63) is 21.8 Å². The second-order valence-corrected chi connectivity index (χ2v) is 4.59. The highest BCUT2D eigenvalue weighted by molar-refractivity contribution is 14.1. The first-order valence-electron chi connectivity index (χ1n) is 4.43. The largest absolute Gasteiger partial charge is 0.371 e. The molecule has 0 aliphatic carbocycles. The number of benzene rings is 1. The van der Waals surface area contributed by atoms with E-state index < -0.39 is 0 Å². The lowest BCUT2D eigenvalue weighted by molar-refractivity contribution is 0.361. The molecule has 1 aromatic heterocycles. The predicted molar refractivity (Wildman–Crippen MR) is 60.0 cm³/mol. The van der Waals surface area contributed by atoms with Crippen LogP contribution in [0.5, 0.6) is 0 Å². The zero-order chi connectivity index (χ0) is 9.54. The Morgan fingerprint density at radius 1 is 1.43 bits per heavy atom. The first kappa shape index (κ1) is 8.60. The summed E-state index contributed by atoms with van der Waals surface area (Å²) in [7, 11) is 0. The molecule has 0 radical (unpaired) electrons. The normalized spacial score (nSPS) is 20.2. The number of hydrogen-bond donors (Lipinski definition) is 0. The van der Waals surface area contributed by atoms with Crippen molar-refractivity contribution in [3.63, 3.8) is 0 Å². The number of hydrogen-bond acceptors (Lipinski definition) is 3. The smallest absolute Gasteiger partial charge is 0.114 e. The van der Waals surface area contributed by atoms with Crippen LogP contribution in [0, 0.1) is 3.57 Å². The van der Waals surface area contributed by atoms with Gasteiger partial charge in [0.15, 0.2) is 0 Å². The summed E-state index contributed by atoms with van der Waals surface area (Å²) in [5.74, 6) is 0. The average Bonchev–Trinajstić information content (AvgIpc) is 2.84. The third-order valence-corrected chi connectivity index (χ3v) is 2.82. The van der Waals surface area contributed by atoms with Crippen molar-refractivity contribution >= 4 is 33.6 Å². The molecular weight excluding hydrogens is 293 g/mol. The van der Waals surface area contributed by atoms with Gasteiger partial charge in [-0.1, -0.05) is 0 Å². The zero-order valence-electron chi connectivity index (χ0n) is 7.35. The van der Waals surface area contributed by atoms with E-state index in [2.05, 4.69) is 32.8 Å². The number of fused-ring (bicyclic) bond motifs is 1. The van der Waals surface area contributed by atoms with Crippen LogP contribution < -0.4 is 0 Å². The highest BCUT2D eigenvalue weighted by atomic mass is 127. The van der Waals surface area contributed by atoms with Crippen LogP contribution in [0.3, 0.4) is 0 Å². The lowest BCUT2D eigenvalue weighted by Gasteiger charge is -1.91. The van der Waals surface area contributed by atoms with E-state index in [4.69, 9.17) is 4.74 Å². The van der Waals surface area contributed by atoms with Gasteiger partial charge < -0.3 is 4.74 Å². The van der Waals surface area contributed by atoms with Crippen molar-refractivity contribution in [1.29, 1.82) is 0 Å². The minimum Gasteiger partial charge on any atom is -0.371 e. The molecule has 1 fully saturated rings. The van der Waals surface area contributed by atoms with E-state index in [1.165, 1.54) is 3.57 Å². The lowest BCUT2D eigenvalue weighted by Crippen LogP contribution is -2.07. The Labute approximate surface area is 94.4 Å². The van der Waals surface area contributed by atoms with Gasteiger partial charge >= 0.3 is 0 Å². The Bertz CT molecular complexity index is 478. The minimum absolute atomic E-state index is 0.330. The molecule has 0 amide bonds. The van der Waals surface area contributed by atoms with E-state index in [1.54, 1.807) is 4.80 Å². The van der Waals surface area contributed by atoms with Gasteiger partial charge in [-0.2, -0.15) is 15.0 Å². The summed E-state index contributed by atoms with van der Waals surface area (Å²) in [6, 6.07) is 6.07. The highest BCUT2D eigenvalue weighted by Gasteiger charge is 2.23. The van der Waals surface area contributed by atoms with E-state index in [0.717, 1.165) is 24.2 Å². The van der Waals surface area contributed by atoms with Crippen molar-refractivity contribution in [2.75, 3.05) is 6.61 Å². The highest BCUT2D eigenvalue weighted by Crippen LogP contribution is 2.15. The van der Waals surface area contributed by atoms with Gasteiger partial charge in [0.1, 0.15) is 17.1 Å². The van der Waals surface area contributed by atoms with Crippen LogP contribution in [0.25, 0.3) is 11.0 Å². The molecule has 1 aliphatic rings. The number of rotatable bonds is 2. The van der Waals surface area contributed by atoms with Gasteiger partial charge in [0.25, 0.3) is 0 Å². The van der Waals surface area contributed by atoms with E-state index in [9.17, 15) is 0 Å². The first-order valence-corrected chi connectivity index (χ1v) is 5.51. The Balaban J connectivity index is 2.01. The Hall–Kier alpha value is -0.690. The van der Waals surface area contributed by atoms with Crippen LogP contribution in [0.4, 0.5) is 0 Å². The summed E-state index contributed by atoms with van der Waals surface area (Å²) in [6.07, 6.45) is 0.330. The molecule has 1 unspecified atom stereocenters. The van der Waals surface area contributed by atoms with Gasteiger partial charge in [-0.3, -0.25) is 0 Å². The molecule has 1 saturated heterocycles. The number of aromatic nitrogens is 3. The average molecular weight is 301 g/mol. The number of nitrogens with zero attached hydrogens (tertiary/aromatic N) is 3. The van der Waals surface area contributed by atoms with Gasteiger partial charge in [0.05, 0.1) is 13.2 Å². The maximum absolute atomic E-state index is 5.13. The molecule has 72 valence electrons. The van der Waals surface area contributed by atoms with Gasteiger partial charge in [0, 0.05) is 3.57 Å². The molecule has 1 atom stereocenters. The van der Waals surface area contributed by atoms with Crippen LogP contribution in [-0.2, 0) is 11.3 Å². The number of ether oxygens (including phenoxy) is 1. The Morgan fingerprint density at radius 3 is 3.00 bits per heavy atom. The second-order valence-electron chi connectivity index (χ2n) is 3.34. The third kappa shape index (κ3) is 1.61. The van der Waals surface area contributed by atoms with Gasteiger partial charge in [-0.15, -0.1) is 0 Å². The van der Waals surface area contributed by atoms with Crippen molar-refractivity contribution in [1.82, 2.24) is 15.0 Å². The fourth-order valence-electron chi connectivity index (χ4n) is 1.37. The third-order valence-electron chi connectivity index (χ3n) is 2.15. The van der Waals surface area contributed by atoms with Gasteiger partial charge in [0.2, 0.25) is 0 Å². The first-order chi connectivity index (χ1) is 6.81. The molecule has 0 bridgehead atoms. The predicted octanol–water partition coefficient (Wildman–Crippen LogP) is 1.43. The van der Waals surface area contributed by atoms with Gasteiger partial charge in [-0.05, 0) is 40.8 Å². The summed E-state index contributed by atoms with van der Waals surface area (Å²) >= 11 is 2.27. The maximum Gasteiger partial charge on any atom is 0.114 e. The van der Waals surface area contributed by atoms with E-state index in [0.29, 0.717) is 6.10 Å². The Morgan fingerprint density at radius 2 is 2.21 bits per heavy atom. The lowest BCUT2D eigenvalue weighted by atomic mass is 10.3. The molecule has 0 spiro atoms. The number of halogens is 1. The van der Waals surface area contributed by atoms with Crippen molar-refractivity contribution in [2.45, 2.75) is 12.6 Å².